The van der Waals surface area contributed by atoms with Gasteiger partial charge in [0.25, 0.3) is 0 Å². The van der Waals surface area contributed by atoms with Gasteiger partial charge in [-0.1, -0.05) is 6.07 Å². The number of phenolic OH excluding ortho intramolecular Hbond substituents is 2. The van der Waals surface area contributed by atoms with Crippen LogP contribution in [-0.2, 0) is 12.9 Å². The van der Waals surface area contributed by atoms with Crippen LogP contribution in [0.3, 0.4) is 0 Å². The zero-order chi connectivity index (χ0) is 15.3. The van der Waals surface area contributed by atoms with Crippen molar-refractivity contribution in [3.05, 3.63) is 23.8 Å². The van der Waals surface area contributed by atoms with Crippen molar-refractivity contribution in [2.45, 2.75) is 53.8 Å². The number of rotatable bonds is 2. The van der Waals surface area contributed by atoms with Crippen molar-refractivity contribution >= 4 is 9.24 Å². The first kappa shape index (κ1) is 10.7. The van der Waals surface area contributed by atoms with Crippen LogP contribution in [0.15, 0.2) is 18.2 Å². The van der Waals surface area contributed by atoms with Gasteiger partial charge in [0.2, 0.25) is 0 Å². The fourth-order valence-corrected chi connectivity index (χ4v) is 100. The molecular weight excluding hydrogens is 349 g/mol. The van der Waals surface area contributed by atoms with Crippen LogP contribution >= 0.6 is 9.24 Å². The van der Waals surface area contributed by atoms with E-state index in [0.717, 1.165) is 9.62 Å². The Kier molecular flexibility index (Phi) is 0.514. The summed E-state index contributed by atoms with van der Waals surface area (Å²) in [5.74, 6) is -0.179. The summed E-state index contributed by atoms with van der Waals surface area (Å²) in [7, 11) is 3.49. The summed E-state index contributed by atoms with van der Waals surface area (Å²) in [5.41, 5.74) is 6.24. The molecule has 5 atom stereocenters. The summed E-state index contributed by atoms with van der Waals surface area (Å²) in [4.78, 5) is 13.8. The van der Waals surface area contributed by atoms with E-state index >= 15 is 0 Å². The summed E-state index contributed by atoms with van der Waals surface area (Å²) in [6, 6.07) is 4.71. The quantitative estimate of drug-likeness (QED) is 0.421. The number of phenols is 2. The van der Waals surface area contributed by atoms with E-state index in [1.807, 2.05) is 0 Å². The summed E-state index contributed by atoms with van der Waals surface area (Å²) >= 11 is 0. The van der Waals surface area contributed by atoms with E-state index in [9.17, 15) is 0 Å². The normalized spacial score (nSPS) is 90.3. The van der Waals surface area contributed by atoms with Gasteiger partial charge in [-0.15, -0.1) is 0 Å². The maximum atomic E-state index is 9.04. The van der Waals surface area contributed by atoms with Crippen molar-refractivity contribution < 1.29 is 16.7 Å². The minimum absolute atomic E-state index is 0.0871. The second kappa shape index (κ2) is 1.11. The van der Waals surface area contributed by atoms with Crippen LogP contribution in [0, 0.1) is 0 Å². The van der Waals surface area contributed by atoms with E-state index in [-0.39, 0.29) is 11.5 Å². The van der Waals surface area contributed by atoms with Crippen molar-refractivity contribution in [3.63, 3.8) is 0 Å². The van der Waals surface area contributed by atoms with Crippen LogP contribution in [0.5, 0.6) is 11.5 Å². The standard InChI is InChI=1S/C8H11NO2.C5H6P.C5H5.Fe/c9-4-3-6-1-2-7(10)8(11)5-6;6-5-3-1-2-4-5;1-2-4-5-3-1;/h1-2,5,10-11H,3-4,9H2;1-4H,6H2;1-5H;. The fourth-order valence-electron chi connectivity index (χ4n) is 17.2. The molecule has 5 unspecified atom stereocenters. The molecule has 1 aromatic carbocycles. The monoisotopic (exact) mass is 371 g/mol. The third-order valence-corrected chi connectivity index (χ3v) is 64.3. The minimum atomic E-state index is -2.49. The number of hydrogen-bond acceptors (Lipinski definition) is 3. The molecule has 5 heteroatoms. The summed E-state index contributed by atoms with van der Waals surface area (Å²) in [6.45, 7) is -1.94. The molecule has 1 spiro atoms. The molecule has 0 aromatic heterocycles. The molecule has 3 nitrogen and oxygen atoms in total. The van der Waals surface area contributed by atoms with E-state index in [4.69, 9.17) is 15.9 Å². The molecule has 0 saturated carbocycles. The summed E-state index contributed by atoms with van der Waals surface area (Å²) in [6.07, 6.45) is 0.716. The van der Waals surface area contributed by atoms with Crippen LogP contribution in [0.2, 0.25) is 43.3 Å². The first-order valence-corrected chi connectivity index (χ1v) is 15.9. The van der Waals surface area contributed by atoms with Crippen LogP contribution in [0.25, 0.3) is 0 Å². The van der Waals surface area contributed by atoms with E-state index in [2.05, 4.69) is 9.24 Å². The number of benzene rings is 1. The van der Waals surface area contributed by atoms with Crippen LogP contribution in [-0.4, -0.2) is 20.8 Å². The van der Waals surface area contributed by atoms with Gasteiger partial charge in [0, 0.05) is 0 Å². The van der Waals surface area contributed by atoms with Crippen LogP contribution < -0.4 is 5.73 Å². The molecule has 4 N–H and O–H groups in total. The summed E-state index contributed by atoms with van der Waals surface area (Å²) < 4.78 is 1.11. The molecule has 0 radical (unpaired) electrons. The molecule has 10 heterocycles. The van der Waals surface area contributed by atoms with Gasteiger partial charge in [0.05, 0.1) is 0 Å². The van der Waals surface area contributed by atoms with Crippen molar-refractivity contribution in [2.75, 3.05) is 6.54 Å². The number of nitrogens with two attached hydrogens (primary N) is 1. The van der Waals surface area contributed by atoms with Gasteiger partial charge in [-0.05, 0) is 30.7 Å². The van der Waals surface area contributed by atoms with Gasteiger partial charge in [-0.2, -0.15) is 0 Å². The maximum absolute atomic E-state index is 9.04. The van der Waals surface area contributed by atoms with E-state index < -0.39 is 6.51 Å². The first-order valence-electron chi connectivity index (χ1n) is 8.99. The first-order chi connectivity index (χ1) is 10.8. The third-order valence-electron chi connectivity index (χ3n) is 16.3. The van der Waals surface area contributed by atoms with Gasteiger partial charge in [-0.3, -0.25) is 0 Å². The van der Waals surface area contributed by atoms with Crippen molar-refractivity contribution in [1.29, 1.82) is 0 Å². The Hall–Kier alpha value is -0.271. The fraction of sp³-hybridized carbons (Fsp3) is 0.667. The molecule has 1 aromatic rings. The molecule has 11 rings (SSSR count). The topological polar surface area (TPSA) is 66.5 Å². The van der Waals surface area contributed by atoms with Gasteiger partial charge in [0.15, 0.2) is 11.5 Å². The average Bonchev–Trinajstić information content (AvgIpc) is 3.46. The van der Waals surface area contributed by atoms with E-state index in [0.29, 0.717) is 13.0 Å². The van der Waals surface area contributed by atoms with E-state index in [1.54, 1.807) is 6.07 Å². The zero-order valence-electron chi connectivity index (χ0n) is 12.7. The van der Waals surface area contributed by atoms with Gasteiger partial charge in [0.1, 0.15) is 0 Å². The molecule has 0 bridgehead atoms. The van der Waals surface area contributed by atoms with E-state index in [1.165, 1.54) is 55.5 Å². The number of hydrogen-bond donors (Lipinski definition) is 3. The molecule has 10 saturated heterocycles. The van der Waals surface area contributed by atoms with Crippen molar-refractivity contribution in [3.8, 4) is 11.5 Å². The third kappa shape index (κ3) is 0.162. The second-order valence-electron chi connectivity index (χ2n) is 12.1. The number of fused-ring (bicyclic) bond motifs is 10. The summed E-state index contributed by atoms with van der Waals surface area (Å²) in [5, 5.41) is 18.0. The van der Waals surface area contributed by atoms with Crippen molar-refractivity contribution in [1.82, 2.24) is 0 Å². The number of aromatic hydroxyl groups is 2. The zero-order valence-corrected chi connectivity index (χ0v) is 15.0. The molecule has 124 valence electrons. The molecular formula is C18H22FeNO2P. The second-order valence-corrected chi connectivity index (χ2v) is 37.2. The Labute approximate surface area is 127 Å². The predicted molar refractivity (Wildman–Crippen MR) is 88.7 cm³/mol. The SMILES string of the molecule is NCCc1ccc(O)c(O)c1.P[C]12[CH]3[CH]4[CH]5[CH]1[Fe]45321678[CH]2[CH]1[CH]6[CH]7[CH]28. The molecule has 10 aliphatic rings. The van der Waals surface area contributed by atoms with Crippen molar-refractivity contribution in [2.24, 2.45) is 5.73 Å². The Morgan fingerprint density at radius 2 is 1.52 bits per heavy atom. The van der Waals surface area contributed by atoms with Gasteiger partial charge >= 0.3 is 63.2 Å². The molecule has 10 aliphatic heterocycles. The molecule has 23 heavy (non-hydrogen) atoms. The Morgan fingerprint density at radius 1 is 0.957 bits per heavy atom. The molecule has 10 fully saturated rings. The van der Waals surface area contributed by atoms with Crippen LogP contribution in [0.1, 0.15) is 5.56 Å². The average molecular weight is 371 g/mol. The molecule has 0 amide bonds. The van der Waals surface area contributed by atoms with Gasteiger partial charge in [-0.25, -0.2) is 0 Å². The predicted octanol–water partition coefficient (Wildman–Crippen LogP) is 3.76. The van der Waals surface area contributed by atoms with Crippen LogP contribution in [0.4, 0.5) is 0 Å². The Balaban J connectivity index is 0.0000000822. The van der Waals surface area contributed by atoms with Gasteiger partial charge < -0.3 is 15.9 Å². The Morgan fingerprint density at radius 3 is 1.78 bits per heavy atom. The molecule has 0 aliphatic carbocycles. The Bertz CT molecular complexity index is 1180.